The molecule has 0 atom stereocenters. The van der Waals surface area contributed by atoms with E-state index in [2.05, 4.69) is 61.2 Å². The second-order valence-corrected chi connectivity index (χ2v) is 7.16. The lowest BCUT2D eigenvalue weighted by Crippen LogP contribution is -2.01. The topological polar surface area (TPSA) is 37.3 Å². The molecule has 0 aliphatic heterocycles. The zero-order chi connectivity index (χ0) is 20.0. The van der Waals surface area contributed by atoms with E-state index in [9.17, 15) is 9.90 Å². The van der Waals surface area contributed by atoms with Gasteiger partial charge in [0.25, 0.3) is 0 Å². The molecule has 0 unspecified atom stereocenters. The monoisotopic (exact) mass is 374 g/mol. The summed E-state index contributed by atoms with van der Waals surface area (Å²) in [5, 5.41) is 16.7. The van der Waals surface area contributed by atoms with E-state index in [1.807, 2.05) is 18.2 Å². The van der Waals surface area contributed by atoms with Crippen LogP contribution in [0, 0.1) is 0 Å². The molecule has 2 heteroatoms. The third kappa shape index (κ3) is 2.69. The van der Waals surface area contributed by atoms with E-state index >= 15 is 0 Å². The Labute approximate surface area is 168 Å². The predicted molar refractivity (Wildman–Crippen MR) is 121 cm³/mol. The van der Waals surface area contributed by atoms with Crippen LogP contribution in [0.25, 0.3) is 49.5 Å². The van der Waals surface area contributed by atoms with Crippen LogP contribution in [0.15, 0.2) is 91.5 Å². The van der Waals surface area contributed by atoms with Crippen LogP contribution in [0.2, 0.25) is 0 Å². The van der Waals surface area contributed by atoms with Gasteiger partial charge in [-0.05, 0) is 55.6 Å². The van der Waals surface area contributed by atoms with Crippen molar-refractivity contribution >= 4 is 44.4 Å². The second kappa shape index (κ2) is 6.61. The molecule has 0 bridgehead atoms. The zero-order valence-electron chi connectivity index (χ0n) is 15.7. The molecular weight excluding hydrogens is 356 g/mol. The first kappa shape index (κ1) is 17.2. The summed E-state index contributed by atoms with van der Waals surface area (Å²) in [7, 11) is 0. The minimum Gasteiger partial charge on any atom is -0.478 e. The first-order valence-corrected chi connectivity index (χ1v) is 9.51. The molecular formula is C27H18O2. The van der Waals surface area contributed by atoms with Gasteiger partial charge in [0.2, 0.25) is 0 Å². The molecule has 2 nitrogen and oxygen atoms in total. The highest BCUT2D eigenvalue weighted by Crippen LogP contribution is 2.36. The summed E-state index contributed by atoms with van der Waals surface area (Å²) in [6, 6.07) is 28.4. The summed E-state index contributed by atoms with van der Waals surface area (Å²) in [6.07, 6.45) is 1.71. The smallest absolute Gasteiger partial charge is 0.336 e. The predicted octanol–water partition coefficient (Wildman–Crippen LogP) is 7.15. The van der Waals surface area contributed by atoms with Gasteiger partial charge in [0.05, 0.1) is 5.56 Å². The standard InChI is InChI=1S/C27H18O2/c1-2-17-7-5-9-24(27(28)29)26(17)20-11-10-19-13-14-22-21-8-4-3-6-18(21)12-15-23(22)25(19)16-20/h2-16H,1H2,(H,28,29). The average molecular weight is 374 g/mol. The van der Waals surface area contributed by atoms with Crippen LogP contribution in [-0.2, 0) is 0 Å². The Bertz CT molecular complexity index is 1440. The van der Waals surface area contributed by atoms with Crippen LogP contribution >= 0.6 is 0 Å². The van der Waals surface area contributed by atoms with Crippen LogP contribution in [0.3, 0.4) is 0 Å². The molecule has 5 rings (SSSR count). The maximum absolute atomic E-state index is 11.9. The highest BCUT2D eigenvalue weighted by Gasteiger charge is 2.15. The average Bonchev–Trinajstić information content (AvgIpc) is 2.77. The lowest BCUT2D eigenvalue weighted by molar-refractivity contribution is 0.0697. The summed E-state index contributed by atoms with van der Waals surface area (Å²) in [5.41, 5.74) is 2.68. The Morgan fingerprint density at radius 1 is 0.724 bits per heavy atom. The molecule has 0 heterocycles. The zero-order valence-corrected chi connectivity index (χ0v) is 15.7. The molecule has 0 aromatic heterocycles. The van der Waals surface area contributed by atoms with E-state index in [1.54, 1.807) is 18.2 Å². The van der Waals surface area contributed by atoms with Crippen molar-refractivity contribution in [1.82, 2.24) is 0 Å². The highest BCUT2D eigenvalue weighted by molar-refractivity contribution is 6.18. The van der Waals surface area contributed by atoms with E-state index in [0.717, 1.165) is 27.3 Å². The third-order valence-electron chi connectivity index (χ3n) is 5.58. The highest BCUT2D eigenvalue weighted by atomic mass is 16.4. The maximum Gasteiger partial charge on any atom is 0.336 e. The van der Waals surface area contributed by atoms with Crippen molar-refractivity contribution in [2.75, 3.05) is 0 Å². The molecule has 0 aliphatic rings. The van der Waals surface area contributed by atoms with Gasteiger partial charge in [-0.2, -0.15) is 0 Å². The first-order valence-electron chi connectivity index (χ1n) is 9.51. The van der Waals surface area contributed by atoms with Crippen LogP contribution in [-0.4, -0.2) is 11.1 Å². The van der Waals surface area contributed by atoms with E-state index in [1.165, 1.54) is 16.2 Å². The number of carboxylic acids is 1. The van der Waals surface area contributed by atoms with Gasteiger partial charge in [-0.15, -0.1) is 0 Å². The first-order chi connectivity index (χ1) is 14.2. The van der Waals surface area contributed by atoms with Gasteiger partial charge in [0, 0.05) is 5.56 Å². The molecule has 138 valence electrons. The van der Waals surface area contributed by atoms with Gasteiger partial charge < -0.3 is 5.11 Å². The number of carboxylic acid groups (broad SMARTS) is 1. The Kier molecular flexibility index (Phi) is 3.92. The molecule has 29 heavy (non-hydrogen) atoms. The molecule has 0 saturated carbocycles. The molecule has 0 aliphatic carbocycles. The lowest BCUT2D eigenvalue weighted by Gasteiger charge is -2.13. The normalized spacial score (nSPS) is 11.2. The number of fused-ring (bicyclic) bond motifs is 5. The Morgan fingerprint density at radius 3 is 2.17 bits per heavy atom. The molecule has 5 aromatic carbocycles. The lowest BCUT2D eigenvalue weighted by atomic mass is 9.91. The van der Waals surface area contributed by atoms with Gasteiger partial charge in [0.15, 0.2) is 0 Å². The SMILES string of the molecule is C=Cc1cccc(C(=O)O)c1-c1ccc2ccc3c4ccccc4ccc3c2c1. The van der Waals surface area contributed by atoms with Gasteiger partial charge >= 0.3 is 5.97 Å². The van der Waals surface area contributed by atoms with Crippen molar-refractivity contribution in [3.63, 3.8) is 0 Å². The van der Waals surface area contributed by atoms with Crippen molar-refractivity contribution in [3.8, 4) is 11.1 Å². The van der Waals surface area contributed by atoms with Crippen molar-refractivity contribution in [1.29, 1.82) is 0 Å². The molecule has 0 saturated heterocycles. The summed E-state index contributed by atoms with van der Waals surface area (Å²) in [5.74, 6) is -0.937. The van der Waals surface area contributed by atoms with Crippen LogP contribution < -0.4 is 0 Å². The fourth-order valence-corrected chi connectivity index (χ4v) is 4.21. The van der Waals surface area contributed by atoms with Gasteiger partial charge in [-0.3, -0.25) is 0 Å². The Morgan fingerprint density at radius 2 is 1.41 bits per heavy atom. The van der Waals surface area contributed by atoms with E-state index in [4.69, 9.17) is 0 Å². The number of benzene rings is 5. The molecule has 1 N–H and O–H groups in total. The fraction of sp³-hybridized carbons (Fsp3) is 0. The maximum atomic E-state index is 11.9. The van der Waals surface area contributed by atoms with E-state index < -0.39 is 5.97 Å². The van der Waals surface area contributed by atoms with Crippen LogP contribution in [0.1, 0.15) is 15.9 Å². The number of hydrogen-bond acceptors (Lipinski definition) is 1. The van der Waals surface area contributed by atoms with Crippen molar-refractivity contribution in [2.24, 2.45) is 0 Å². The molecule has 0 fully saturated rings. The quantitative estimate of drug-likeness (QED) is 0.340. The van der Waals surface area contributed by atoms with Gasteiger partial charge in [0.1, 0.15) is 0 Å². The molecule has 0 amide bonds. The van der Waals surface area contributed by atoms with Crippen LogP contribution in [0.4, 0.5) is 0 Å². The second-order valence-electron chi connectivity index (χ2n) is 7.16. The molecule has 0 spiro atoms. The van der Waals surface area contributed by atoms with Crippen molar-refractivity contribution in [3.05, 3.63) is 103 Å². The Balaban J connectivity index is 1.86. The molecule has 5 aromatic rings. The van der Waals surface area contributed by atoms with Crippen molar-refractivity contribution in [2.45, 2.75) is 0 Å². The van der Waals surface area contributed by atoms with E-state index in [-0.39, 0.29) is 5.56 Å². The summed E-state index contributed by atoms with van der Waals surface area (Å²) in [6.45, 7) is 3.87. The fourth-order valence-electron chi connectivity index (χ4n) is 4.21. The van der Waals surface area contributed by atoms with Crippen LogP contribution in [0.5, 0.6) is 0 Å². The summed E-state index contributed by atoms with van der Waals surface area (Å²) >= 11 is 0. The minimum atomic E-state index is -0.937. The number of rotatable bonds is 3. The summed E-state index contributed by atoms with van der Waals surface area (Å²) in [4.78, 5) is 11.9. The van der Waals surface area contributed by atoms with Gasteiger partial charge in [-0.1, -0.05) is 85.5 Å². The van der Waals surface area contributed by atoms with Crippen molar-refractivity contribution < 1.29 is 9.90 Å². The number of hydrogen-bond donors (Lipinski definition) is 1. The molecule has 0 radical (unpaired) electrons. The van der Waals surface area contributed by atoms with E-state index in [0.29, 0.717) is 5.56 Å². The van der Waals surface area contributed by atoms with Gasteiger partial charge in [-0.25, -0.2) is 4.79 Å². The number of aromatic carboxylic acids is 1. The minimum absolute atomic E-state index is 0.285. The summed E-state index contributed by atoms with van der Waals surface area (Å²) < 4.78 is 0. The third-order valence-corrected chi connectivity index (χ3v) is 5.58. The number of carbonyl (C=O) groups is 1. The largest absolute Gasteiger partial charge is 0.478 e. The Hall–Kier alpha value is -3.91.